The molecule has 0 bridgehead atoms. The third-order valence-corrected chi connectivity index (χ3v) is 3.66. The molecular weight excluding hydrogens is 326 g/mol. The lowest BCUT2D eigenvalue weighted by atomic mass is 10.2. The number of hydrogen-bond acceptors (Lipinski definition) is 4. The lowest BCUT2D eigenvalue weighted by Crippen LogP contribution is -2.23. The van der Waals surface area contributed by atoms with Gasteiger partial charge in [-0.15, -0.1) is 0 Å². The van der Waals surface area contributed by atoms with Crippen molar-refractivity contribution in [1.29, 1.82) is 0 Å². The Kier molecular flexibility index (Phi) is 4.58. The van der Waals surface area contributed by atoms with E-state index in [9.17, 15) is 13.2 Å². The molecule has 1 aromatic carbocycles. The predicted molar refractivity (Wildman–Crippen MR) is 70.5 cm³/mol. The first kappa shape index (κ1) is 14.8. The highest BCUT2D eigenvalue weighted by Crippen LogP contribution is 2.32. The molecule has 1 rings (SSSR count). The summed E-state index contributed by atoms with van der Waals surface area (Å²) in [5.41, 5.74) is 0.858. The third kappa shape index (κ3) is 3.88. The smallest absolute Gasteiger partial charge is 0.320 e. The predicted octanol–water partition coefficient (Wildman–Crippen LogP) is 1.59. The SMILES string of the molecule is COc1cc(Br)cc(C)c1NS(=O)(=O)CC(=O)O. The summed E-state index contributed by atoms with van der Waals surface area (Å²) in [5, 5.41) is 8.51. The van der Waals surface area contributed by atoms with E-state index in [1.165, 1.54) is 7.11 Å². The summed E-state index contributed by atoms with van der Waals surface area (Å²) >= 11 is 3.26. The Labute approximate surface area is 113 Å². The summed E-state index contributed by atoms with van der Waals surface area (Å²) < 4.78 is 31.1. The molecule has 0 aliphatic carbocycles. The molecule has 0 fully saturated rings. The number of carbonyl (C=O) groups is 1. The minimum atomic E-state index is -3.95. The van der Waals surface area contributed by atoms with Crippen LogP contribution < -0.4 is 9.46 Å². The van der Waals surface area contributed by atoms with Crippen LogP contribution in [0, 0.1) is 6.92 Å². The number of aryl methyl sites for hydroxylation is 1. The van der Waals surface area contributed by atoms with Gasteiger partial charge in [-0.1, -0.05) is 15.9 Å². The second-order valence-corrected chi connectivity index (χ2v) is 6.19. The number of halogens is 1. The van der Waals surface area contributed by atoms with Crippen molar-refractivity contribution in [2.24, 2.45) is 0 Å². The number of rotatable bonds is 5. The number of sulfonamides is 1. The van der Waals surface area contributed by atoms with Gasteiger partial charge in [0, 0.05) is 4.47 Å². The Balaban J connectivity index is 3.15. The normalized spacial score (nSPS) is 11.1. The highest BCUT2D eigenvalue weighted by molar-refractivity contribution is 9.10. The molecule has 0 atom stereocenters. The fraction of sp³-hybridized carbons (Fsp3) is 0.300. The van der Waals surface area contributed by atoms with Crippen LogP contribution in [0.1, 0.15) is 5.56 Å². The first-order valence-electron chi connectivity index (χ1n) is 4.81. The van der Waals surface area contributed by atoms with Crippen LogP contribution in [0.5, 0.6) is 5.75 Å². The van der Waals surface area contributed by atoms with E-state index in [1.807, 2.05) is 0 Å². The molecule has 0 amide bonds. The Hall–Kier alpha value is -1.28. The molecular formula is C10H12BrNO5S. The van der Waals surface area contributed by atoms with E-state index in [0.29, 0.717) is 11.3 Å². The van der Waals surface area contributed by atoms with Crippen molar-refractivity contribution < 1.29 is 23.1 Å². The standard InChI is InChI=1S/C10H12BrNO5S/c1-6-3-7(11)4-8(17-2)10(6)12-18(15,16)5-9(13)14/h3-4,12H,5H2,1-2H3,(H,13,14). The van der Waals surface area contributed by atoms with Crippen molar-refractivity contribution in [2.75, 3.05) is 17.6 Å². The molecule has 0 radical (unpaired) electrons. The van der Waals surface area contributed by atoms with Crippen LogP contribution in [0.3, 0.4) is 0 Å². The van der Waals surface area contributed by atoms with E-state index >= 15 is 0 Å². The summed E-state index contributed by atoms with van der Waals surface area (Å²) in [5.74, 6) is -2.10. The first-order chi connectivity index (χ1) is 8.25. The molecule has 0 spiro atoms. The van der Waals surface area contributed by atoms with E-state index in [1.54, 1.807) is 19.1 Å². The monoisotopic (exact) mass is 337 g/mol. The summed E-state index contributed by atoms with van der Waals surface area (Å²) in [7, 11) is -2.55. The molecule has 0 aliphatic heterocycles. The maximum Gasteiger partial charge on any atom is 0.320 e. The van der Waals surface area contributed by atoms with Crippen molar-refractivity contribution in [3.8, 4) is 5.75 Å². The van der Waals surface area contributed by atoms with Crippen LogP contribution in [-0.4, -0.2) is 32.4 Å². The number of benzene rings is 1. The topological polar surface area (TPSA) is 92.7 Å². The lowest BCUT2D eigenvalue weighted by molar-refractivity contribution is -0.134. The lowest BCUT2D eigenvalue weighted by Gasteiger charge is -2.14. The largest absolute Gasteiger partial charge is 0.495 e. The zero-order valence-corrected chi connectivity index (χ0v) is 12.1. The van der Waals surface area contributed by atoms with Gasteiger partial charge in [0.05, 0.1) is 12.8 Å². The molecule has 0 heterocycles. The Morgan fingerprint density at radius 1 is 1.50 bits per heavy atom. The van der Waals surface area contributed by atoms with Crippen LogP contribution in [0.15, 0.2) is 16.6 Å². The van der Waals surface area contributed by atoms with Gasteiger partial charge in [0.15, 0.2) is 5.75 Å². The molecule has 2 N–H and O–H groups in total. The maximum absolute atomic E-state index is 11.6. The van der Waals surface area contributed by atoms with Gasteiger partial charge < -0.3 is 9.84 Å². The number of carboxylic acids is 1. The van der Waals surface area contributed by atoms with Gasteiger partial charge >= 0.3 is 5.97 Å². The fourth-order valence-electron chi connectivity index (χ4n) is 1.36. The number of aliphatic carboxylic acids is 1. The summed E-state index contributed by atoms with van der Waals surface area (Å²) in [4.78, 5) is 10.4. The van der Waals surface area contributed by atoms with Gasteiger partial charge in [-0.3, -0.25) is 9.52 Å². The first-order valence-corrected chi connectivity index (χ1v) is 7.26. The van der Waals surface area contributed by atoms with Crippen molar-refractivity contribution in [3.63, 3.8) is 0 Å². The quantitative estimate of drug-likeness (QED) is 0.851. The highest BCUT2D eigenvalue weighted by atomic mass is 79.9. The van der Waals surface area contributed by atoms with Crippen molar-refractivity contribution in [3.05, 3.63) is 22.2 Å². The van der Waals surface area contributed by atoms with Gasteiger partial charge in [0.2, 0.25) is 10.0 Å². The number of hydrogen-bond donors (Lipinski definition) is 2. The maximum atomic E-state index is 11.6. The Bertz CT molecular complexity index is 570. The second kappa shape index (κ2) is 5.57. The van der Waals surface area contributed by atoms with Crippen molar-refractivity contribution in [1.82, 2.24) is 0 Å². The fourth-order valence-corrected chi connectivity index (χ4v) is 2.88. The highest BCUT2D eigenvalue weighted by Gasteiger charge is 2.19. The van der Waals surface area contributed by atoms with Gasteiger partial charge in [-0.05, 0) is 24.6 Å². The van der Waals surface area contributed by atoms with Crippen LogP contribution >= 0.6 is 15.9 Å². The van der Waals surface area contributed by atoms with Crippen LogP contribution in [0.25, 0.3) is 0 Å². The molecule has 0 saturated carbocycles. The zero-order valence-electron chi connectivity index (χ0n) is 9.73. The average molecular weight is 338 g/mol. The average Bonchev–Trinajstić information content (AvgIpc) is 2.19. The number of methoxy groups -OCH3 is 1. The summed E-state index contributed by atoms with van der Waals surface area (Å²) in [6, 6.07) is 3.28. The molecule has 6 nitrogen and oxygen atoms in total. The van der Waals surface area contributed by atoms with Gasteiger partial charge in [0.1, 0.15) is 5.75 Å². The van der Waals surface area contributed by atoms with E-state index in [0.717, 1.165) is 4.47 Å². The molecule has 0 unspecified atom stereocenters. The second-order valence-electron chi connectivity index (χ2n) is 3.55. The van der Waals surface area contributed by atoms with Crippen LogP contribution in [-0.2, 0) is 14.8 Å². The molecule has 18 heavy (non-hydrogen) atoms. The van der Waals surface area contributed by atoms with Crippen LogP contribution in [0.4, 0.5) is 5.69 Å². The number of anilines is 1. The number of ether oxygens (including phenoxy) is 1. The summed E-state index contributed by atoms with van der Waals surface area (Å²) in [6.45, 7) is 1.69. The Morgan fingerprint density at radius 3 is 2.61 bits per heavy atom. The number of nitrogens with one attached hydrogen (secondary N) is 1. The third-order valence-electron chi connectivity index (χ3n) is 2.06. The van der Waals surface area contributed by atoms with Gasteiger partial charge in [-0.2, -0.15) is 0 Å². The Morgan fingerprint density at radius 2 is 2.11 bits per heavy atom. The van der Waals surface area contributed by atoms with Gasteiger partial charge in [-0.25, -0.2) is 8.42 Å². The van der Waals surface area contributed by atoms with Gasteiger partial charge in [0.25, 0.3) is 0 Å². The minimum absolute atomic E-state index is 0.238. The van der Waals surface area contributed by atoms with Crippen molar-refractivity contribution >= 4 is 37.6 Å². The molecule has 0 aromatic heterocycles. The van der Waals surface area contributed by atoms with Crippen molar-refractivity contribution in [2.45, 2.75) is 6.92 Å². The van der Waals surface area contributed by atoms with E-state index in [2.05, 4.69) is 20.7 Å². The van der Waals surface area contributed by atoms with E-state index in [4.69, 9.17) is 9.84 Å². The summed E-state index contributed by atoms with van der Waals surface area (Å²) in [6.07, 6.45) is 0. The molecule has 8 heteroatoms. The number of carboxylic acid groups (broad SMARTS) is 1. The van der Waals surface area contributed by atoms with E-state index < -0.39 is 21.7 Å². The minimum Gasteiger partial charge on any atom is -0.495 e. The van der Waals surface area contributed by atoms with Crippen LogP contribution in [0.2, 0.25) is 0 Å². The molecule has 1 aromatic rings. The zero-order chi connectivity index (χ0) is 13.9. The molecule has 100 valence electrons. The molecule has 0 saturated heterocycles. The van der Waals surface area contributed by atoms with E-state index in [-0.39, 0.29) is 5.69 Å². The molecule has 0 aliphatic rings.